The number of benzene rings is 1. The van der Waals surface area contributed by atoms with Crippen LogP contribution in [0.5, 0.6) is 0 Å². The molecule has 3 N–H and O–H groups in total. The van der Waals surface area contributed by atoms with E-state index in [-0.39, 0.29) is 10.4 Å². The van der Waals surface area contributed by atoms with Crippen molar-refractivity contribution in [3.05, 3.63) is 62.3 Å². The molecule has 0 radical (unpaired) electrons. The minimum Gasteiger partial charge on any atom is -0.363 e. The monoisotopic (exact) mass is 415 g/mol. The summed E-state index contributed by atoms with van der Waals surface area (Å²) in [5.74, 6) is -3.42. The maximum absolute atomic E-state index is 13.7. The maximum Gasteiger partial charge on any atom is 0.437 e. The zero-order valence-electron chi connectivity index (χ0n) is 13.8. The summed E-state index contributed by atoms with van der Waals surface area (Å²) in [5, 5.41) is 26.6. The first-order chi connectivity index (χ1) is 13.1. The Morgan fingerprint density at radius 3 is 2.50 bits per heavy atom. The molecule has 1 fully saturated rings. The third-order valence-electron chi connectivity index (χ3n) is 4.32. The summed E-state index contributed by atoms with van der Waals surface area (Å²) in [6, 6.07) is 4.24. The predicted molar refractivity (Wildman–Crippen MR) is 90.6 cm³/mol. The molecule has 3 rings (SSSR count). The average molecular weight is 415 g/mol. The summed E-state index contributed by atoms with van der Waals surface area (Å²) in [7, 11) is 0. The van der Waals surface area contributed by atoms with Crippen LogP contribution in [0.3, 0.4) is 0 Å². The van der Waals surface area contributed by atoms with Gasteiger partial charge in [-0.25, -0.2) is 4.79 Å². The van der Waals surface area contributed by atoms with Gasteiger partial charge in [0.05, 0.1) is 21.4 Å². The molecule has 2 heterocycles. The number of nitro groups is 1. The zero-order chi connectivity index (χ0) is 20.7. The van der Waals surface area contributed by atoms with E-state index in [0.717, 1.165) is 23.5 Å². The first-order valence-electron chi connectivity index (χ1n) is 7.75. The molecule has 3 atom stereocenters. The Balaban J connectivity index is 2.23. The number of hydrogen-bond acceptors (Lipinski definition) is 6. The van der Waals surface area contributed by atoms with Crippen molar-refractivity contribution in [3.63, 3.8) is 0 Å². The first-order valence-corrected chi connectivity index (χ1v) is 8.63. The van der Waals surface area contributed by atoms with E-state index in [1.807, 2.05) is 0 Å². The van der Waals surface area contributed by atoms with E-state index >= 15 is 0 Å². The summed E-state index contributed by atoms with van der Waals surface area (Å²) >= 11 is 0.842. The highest BCUT2D eigenvalue weighted by molar-refractivity contribution is 7.12. The molecule has 28 heavy (non-hydrogen) atoms. The summed E-state index contributed by atoms with van der Waals surface area (Å²) in [5.41, 5.74) is -4.85. The number of nitrogens with zero attached hydrogens (tertiary/aromatic N) is 1. The van der Waals surface area contributed by atoms with E-state index in [1.165, 1.54) is 35.0 Å². The molecule has 0 aliphatic carbocycles. The number of Topliss-reactive ketones (excluding diaryl/α,β-unsaturated/α-hetero) is 1. The minimum absolute atomic E-state index is 0.103. The van der Waals surface area contributed by atoms with Gasteiger partial charge in [-0.05, 0) is 11.4 Å². The molecule has 1 saturated heterocycles. The highest BCUT2D eigenvalue weighted by atomic mass is 32.1. The van der Waals surface area contributed by atoms with Crippen LogP contribution in [0.25, 0.3) is 0 Å². The van der Waals surface area contributed by atoms with Gasteiger partial charge in [-0.15, -0.1) is 11.3 Å². The van der Waals surface area contributed by atoms with Crippen LogP contribution in [0.1, 0.15) is 21.3 Å². The van der Waals surface area contributed by atoms with Crippen molar-refractivity contribution in [1.29, 1.82) is 0 Å². The van der Waals surface area contributed by atoms with Crippen LogP contribution in [-0.2, 0) is 0 Å². The number of amides is 2. The predicted octanol–water partition coefficient (Wildman–Crippen LogP) is 2.76. The molecule has 1 aromatic carbocycles. The second-order valence-electron chi connectivity index (χ2n) is 5.98. The minimum atomic E-state index is -5.43. The lowest BCUT2D eigenvalue weighted by molar-refractivity contribution is -0.386. The number of nitro benzene ring substituents is 1. The molecule has 2 aromatic rings. The largest absolute Gasteiger partial charge is 0.437 e. The van der Waals surface area contributed by atoms with E-state index in [4.69, 9.17) is 0 Å². The Hall–Kier alpha value is -2.99. The van der Waals surface area contributed by atoms with Gasteiger partial charge in [-0.1, -0.05) is 24.3 Å². The number of aliphatic hydroxyl groups is 1. The third kappa shape index (κ3) is 3.20. The lowest BCUT2D eigenvalue weighted by atomic mass is 9.78. The Labute approximate surface area is 159 Å². The van der Waals surface area contributed by atoms with Crippen LogP contribution < -0.4 is 10.6 Å². The normalized spacial score (nSPS) is 24.9. The van der Waals surface area contributed by atoms with Crippen molar-refractivity contribution >= 4 is 28.8 Å². The lowest BCUT2D eigenvalue weighted by Crippen LogP contribution is -2.72. The number of carbonyl (C=O) groups is 2. The maximum atomic E-state index is 13.7. The van der Waals surface area contributed by atoms with Gasteiger partial charge in [-0.3, -0.25) is 14.9 Å². The number of alkyl halides is 3. The number of urea groups is 1. The number of rotatable bonds is 4. The Morgan fingerprint density at radius 2 is 1.93 bits per heavy atom. The van der Waals surface area contributed by atoms with Crippen LogP contribution in [0, 0.1) is 16.0 Å². The highest BCUT2D eigenvalue weighted by Crippen LogP contribution is 2.45. The molecule has 1 aromatic heterocycles. The number of ketones is 1. The second-order valence-corrected chi connectivity index (χ2v) is 6.92. The molecule has 0 spiro atoms. The van der Waals surface area contributed by atoms with Gasteiger partial charge in [0.2, 0.25) is 5.72 Å². The first kappa shape index (κ1) is 19.8. The standard InChI is InChI=1S/C16H12F3N3O5S/c17-16(18,19)15(25)11(13(23)10-6-3-7-28-10)12(20-14(24)21-15)8-4-1-2-5-9(8)22(26)27/h1-7,11-12,25H,(H2,20,21,24)/t11-,12+,15-/m0/s1. The molecule has 0 saturated carbocycles. The van der Waals surface area contributed by atoms with Crippen molar-refractivity contribution in [1.82, 2.24) is 10.6 Å². The van der Waals surface area contributed by atoms with Gasteiger partial charge >= 0.3 is 12.2 Å². The molecule has 148 valence electrons. The number of hydrogen-bond donors (Lipinski definition) is 3. The lowest BCUT2D eigenvalue weighted by Gasteiger charge is -2.44. The molecule has 0 unspecified atom stereocenters. The number of halogens is 3. The van der Waals surface area contributed by atoms with Crippen molar-refractivity contribution < 1.29 is 32.8 Å². The molecule has 1 aliphatic rings. The van der Waals surface area contributed by atoms with Crippen LogP contribution in [-0.4, -0.2) is 33.7 Å². The highest BCUT2D eigenvalue weighted by Gasteiger charge is 2.67. The van der Waals surface area contributed by atoms with Crippen LogP contribution in [0.15, 0.2) is 41.8 Å². The van der Waals surface area contributed by atoms with E-state index in [0.29, 0.717) is 0 Å². The van der Waals surface area contributed by atoms with E-state index in [9.17, 15) is 38.0 Å². The van der Waals surface area contributed by atoms with Crippen molar-refractivity contribution in [2.24, 2.45) is 5.92 Å². The SMILES string of the molecule is O=C1N[C@H](c2ccccc2[N+](=O)[O-])[C@@H](C(=O)c2cccs2)[C@](O)(C(F)(F)F)N1. The van der Waals surface area contributed by atoms with Crippen molar-refractivity contribution in [2.45, 2.75) is 17.9 Å². The Kier molecular flexibility index (Phi) is 4.85. The van der Waals surface area contributed by atoms with Gasteiger partial charge in [0.25, 0.3) is 5.69 Å². The fourth-order valence-electron chi connectivity index (χ4n) is 3.09. The van der Waals surface area contributed by atoms with E-state index in [1.54, 1.807) is 0 Å². The Morgan fingerprint density at radius 1 is 1.25 bits per heavy atom. The fourth-order valence-corrected chi connectivity index (χ4v) is 3.79. The van der Waals surface area contributed by atoms with Crippen LogP contribution in [0.4, 0.5) is 23.7 Å². The smallest absolute Gasteiger partial charge is 0.363 e. The zero-order valence-corrected chi connectivity index (χ0v) is 14.6. The summed E-state index contributed by atoms with van der Waals surface area (Å²) in [6.45, 7) is 0. The van der Waals surface area contributed by atoms with Crippen LogP contribution >= 0.6 is 11.3 Å². The van der Waals surface area contributed by atoms with Crippen molar-refractivity contribution in [2.75, 3.05) is 0 Å². The molecular weight excluding hydrogens is 403 g/mol. The average Bonchev–Trinajstić information content (AvgIpc) is 3.14. The van der Waals surface area contributed by atoms with Crippen molar-refractivity contribution in [3.8, 4) is 0 Å². The molecule has 0 bridgehead atoms. The molecular formula is C16H12F3N3O5S. The summed E-state index contributed by atoms with van der Waals surface area (Å²) in [6.07, 6.45) is -5.43. The van der Waals surface area contributed by atoms with Gasteiger partial charge in [0.15, 0.2) is 5.78 Å². The number of nitrogens with one attached hydrogen (secondary N) is 2. The molecule has 1 aliphatic heterocycles. The van der Waals surface area contributed by atoms with E-state index in [2.05, 4.69) is 5.32 Å². The number of para-hydroxylation sites is 1. The fraction of sp³-hybridized carbons (Fsp3) is 0.250. The molecule has 8 nitrogen and oxygen atoms in total. The Bertz CT molecular complexity index is 934. The summed E-state index contributed by atoms with van der Waals surface area (Å²) < 4.78 is 41.2. The second kappa shape index (κ2) is 6.87. The molecule has 12 heteroatoms. The van der Waals surface area contributed by atoms with Gasteiger partial charge < -0.3 is 15.7 Å². The number of carbonyl (C=O) groups excluding carboxylic acids is 2. The van der Waals surface area contributed by atoms with Gasteiger partial charge in [0.1, 0.15) is 5.92 Å². The van der Waals surface area contributed by atoms with Gasteiger partial charge in [-0.2, -0.15) is 13.2 Å². The summed E-state index contributed by atoms with van der Waals surface area (Å²) in [4.78, 5) is 35.1. The number of thiophene rings is 1. The third-order valence-corrected chi connectivity index (χ3v) is 5.21. The van der Waals surface area contributed by atoms with Crippen LogP contribution in [0.2, 0.25) is 0 Å². The molecule has 2 amide bonds. The topological polar surface area (TPSA) is 122 Å². The van der Waals surface area contributed by atoms with Gasteiger partial charge in [0, 0.05) is 6.07 Å². The quantitative estimate of drug-likeness (QED) is 0.403. The van der Waals surface area contributed by atoms with E-state index < -0.39 is 46.3 Å².